The molecule has 0 aromatic carbocycles. The number of likely N-dealkylation sites (tertiary alicyclic amines) is 1. The number of thiophene rings is 1. The molecule has 0 radical (unpaired) electrons. The Balaban J connectivity index is 1.57. The van der Waals surface area contributed by atoms with Crippen LogP contribution in [0.5, 0.6) is 0 Å². The zero-order valence-electron chi connectivity index (χ0n) is 12.6. The zero-order valence-corrected chi connectivity index (χ0v) is 13.4. The minimum absolute atomic E-state index is 0.0385. The van der Waals surface area contributed by atoms with Crippen LogP contribution in [0.25, 0.3) is 0 Å². The summed E-state index contributed by atoms with van der Waals surface area (Å²) in [7, 11) is 0. The van der Waals surface area contributed by atoms with Crippen molar-refractivity contribution in [1.82, 2.24) is 20.4 Å². The topological polar surface area (TPSA) is 71.3 Å². The van der Waals surface area contributed by atoms with Gasteiger partial charge in [0.15, 0.2) is 5.82 Å². The molecule has 1 N–H and O–H groups in total. The van der Waals surface area contributed by atoms with Gasteiger partial charge in [0.05, 0.1) is 19.1 Å². The molecular formula is C15H20N4O2S. The average molecular weight is 320 g/mol. The molecule has 0 saturated carbocycles. The highest BCUT2D eigenvalue weighted by Crippen LogP contribution is 2.29. The van der Waals surface area contributed by atoms with Crippen LogP contribution in [0.2, 0.25) is 0 Å². The van der Waals surface area contributed by atoms with Gasteiger partial charge < -0.3 is 9.84 Å². The smallest absolute Gasteiger partial charge is 0.243 e. The van der Waals surface area contributed by atoms with Crippen LogP contribution in [0.3, 0.4) is 0 Å². The standard InChI is InChI=1S/C15H20N4O2S/c1-11-17-15(21-18-11)13-6-2-3-7-19(13)10-14(20)16-9-12-5-4-8-22-12/h4-5,8,13H,2-3,6-7,9-10H2,1H3,(H,16,20)/t13-/m1/s1. The summed E-state index contributed by atoms with van der Waals surface area (Å²) < 4.78 is 5.30. The van der Waals surface area contributed by atoms with Crippen LogP contribution < -0.4 is 5.32 Å². The Hall–Kier alpha value is -1.73. The molecule has 0 aliphatic carbocycles. The van der Waals surface area contributed by atoms with Crippen molar-refractivity contribution < 1.29 is 9.32 Å². The lowest BCUT2D eigenvalue weighted by Gasteiger charge is -2.32. The van der Waals surface area contributed by atoms with Crippen LogP contribution in [-0.2, 0) is 11.3 Å². The Morgan fingerprint density at radius 3 is 3.18 bits per heavy atom. The molecule has 118 valence electrons. The molecule has 1 atom stereocenters. The van der Waals surface area contributed by atoms with E-state index in [2.05, 4.69) is 20.4 Å². The third-order valence-electron chi connectivity index (χ3n) is 3.83. The number of hydrogen-bond acceptors (Lipinski definition) is 6. The van der Waals surface area contributed by atoms with E-state index in [0.29, 0.717) is 24.8 Å². The van der Waals surface area contributed by atoms with Crippen LogP contribution >= 0.6 is 11.3 Å². The quantitative estimate of drug-likeness (QED) is 0.915. The summed E-state index contributed by atoms with van der Waals surface area (Å²) in [5, 5.41) is 8.85. The van der Waals surface area contributed by atoms with E-state index >= 15 is 0 Å². The number of amides is 1. The van der Waals surface area contributed by atoms with Gasteiger partial charge in [0.1, 0.15) is 0 Å². The first-order valence-corrected chi connectivity index (χ1v) is 8.43. The first-order chi connectivity index (χ1) is 10.7. The second kappa shape index (κ2) is 7.02. The number of aryl methyl sites for hydroxylation is 1. The second-order valence-electron chi connectivity index (χ2n) is 5.52. The van der Waals surface area contributed by atoms with E-state index in [4.69, 9.17) is 4.52 Å². The number of carbonyl (C=O) groups is 1. The second-order valence-corrected chi connectivity index (χ2v) is 6.55. The van der Waals surface area contributed by atoms with Crippen LogP contribution in [0.1, 0.15) is 41.9 Å². The van der Waals surface area contributed by atoms with Gasteiger partial charge in [-0.25, -0.2) is 0 Å². The van der Waals surface area contributed by atoms with E-state index in [1.807, 2.05) is 24.4 Å². The lowest BCUT2D eigenvalue weighted by molar-refractivity contribution is -0.123. The molecule has 3 rings (SSSR count). The maximum Gasteiger partial charge on any atom is 0.243 e. The third-order valence-corrected chi connectivity index (χ3v) is 4.70. The predicted molar refractivity (Wildman–Crippen MR) is 83.4 cm³/mol. The monoisotopic (exact) mass is 320 g/mol. The highest BCUT2D eigenvalue weighted by Gasteiger charge is 2.29. The fourth-order valence-electron chi connectivity index (χ4n) is 2.75. The van der Waals surface area contributed by atoms with Gasteiger partial charge in [0.25, 0.3) is 0 Å². The van der Waals surface area contributed by atoms with Gasteiger partial charge in [0, 0.05) is 4.88 Å². The zero-order chi connectivity index (χ0) is 15.4. The Morgan fingerprint density at radius 2 is 2.45 bits per heavy atom. The Bertz CT molecular complexity index is 611. The first kappa shape index (κ1) is 15.2. The maximum atomic E-state index is 12.2. The summed E-state index contributed by atoms with van der Waals surface area (Å²) in [6.07, 6.45) is 3.18. The predicted octanol–water partition coefficient (Wildman–Crippen LogP) is 2.28. The van der Waals surface area contributed by atoms with Gasteiger partial charge in [-0.3, -0.25) is 9.69 Å². The molecule has 0 unspecified atom stereocenters. The lowest BCUT2D eigenvalue weighted by atomic mass is 10.0. The van der Waals surface area contributed by atoms with E-state index < -0.39 is 0 Å². The molecule has 1 fully saturated rings. The van der Waals surface area contributed by atoms with Crippen molar-refractivity contribution in [1.29, 1.82) is 0 Å². The van der Waals surface area contributed by atoms with Crippen molar-refractivity contribution in [2.45, 2.75) is 38.8 Å². The summed E-state index contributed by atoms with van der Waals surface area (Å²) in [4.78, 5) is 19.8. The average Bonchev–Trinajstić information content (AvgIpc) is 3.17. The van der Waals surface area contributed by atoms with Crippen LogP contribution in [-0.4, -0.2) is 34.0 Å². The SMILES string of the molecule is Cc1noc([C@H]2CCCCN2CC(=O)NCc2cccs2)n1. The van der Waals surface area contributed by atoms with Crippen LogP contribution in [0.4, 0.5) is 0 Å². The summed E-state index contributed by atoms with van der Waals surface area (Å²) in [6.45, 7) is 3.67. The fraction of sp³-hybridized carbons (Fsp3) is 0.533. The molecule has 6 nitrogen and oxygen atoms in total. The number of aromatic nitrogens is 2. The van der Waals surface area contributed by atoms with Crippen molar-refractivity contribution in [3.8, 4) is 0 Å². The van der Waals surface area contributed by atoms with Gasteiger partial charge >= 0.3 is 0 Å². The van der Waals surface area contributed by atoms with Crippen molar-refractivity contribution in [3.63, 3.8) is 0 Å². The van der Waals surface area contributed by atoms with Gasteiger partial charge in [-0.05, 0) is 37.8 Å². The van der Waals surface area contributed by atoms with Gasteiger partial charge in [-0.2, -0.15) is 4.98 Å². The number of piperidine rings is 1. The minimum atomic E-state index is 0.0385. The molecule has 7 heteroatoms. The van der Waals surface area contributed by atoms with E-state index in [-0.39, 0.29) is 11.9 Å². The van der Waals surface area contributed by atoms with Gasteiger partial charge in [-0.15, -0.1) is 11.3 Å². The van der Waals surface area contributed by atoms with Crippen LogP contribution in [0.15, 0.2) is 22.0 Å². The van der Waals surface area contributed by atoms with Crippen molar-refractivity contribution in [3.05, 3.63) is 34.1 Å². The molecule has 0 spiro atoms. The maximum absolute atomic E-state index is 12.2. The molecule has 2 aromatic heterocycles. The van der Waals surface area contributed by atoms with E-state index in [1.54, 1.807) is 11.3 Å². The van der Waals surface area contributed by atoms with E-state index in [1.165, 1.54) is 0 Å². The molecule has 1 saturated heterocycles. The first-order valence-electron chi connectivity index (χ1n) is 7.56. The largest absolute Gasteiger partial charge is 0.350 e. The number of nitrogens with one attached hydrogen (secondary N) is 1. The Kier molecular flexibility index (Phi) is 4.84. The Labute approximate surface area is 133 Å². The summed E-state index contributed by atoms with van der Waals surface area (Å²) >= 11 is 1.65. The highest BCUT2D eigenvalue weighted by atomic mass is 32.1. The molecule has 2 aromatic rings. The number of carbonyl (C=O) groups excluding carboxylic acids is 1. The number of nitrogens with zero attached hydrogens (tertiary/aromatic N) is 3. The molecule has 1 aliphatic heterocycles. The molecule has 1 aliphatic rings. The molecule has 22 heavy (non-hydrogen) atoms. The van der Waals surface area contributed by atoms with Crippen molar-refractivity contribution >= 4 is 17.2 Å². The van der Waals surface area contributed by atoms with E-state index in [9.17, 15) is 4.79 Å². The third kappa shape index (κ3) is 3.72. The molecule has 0 bridgehead atoms. The van der Waals surface area contributed by atoms with Gasteiger partial charge in [0.2, 0.25) is 11.8 Å². The van der Waals surface area contributed by atoms with Crippen molar-refractivity contribution in [2.24, 2.45) is 0 Å². The normalized spacial score (nSPS) is 19.2. The molecule has 3 heterocycles. The summed E-state index contributed by atoms with van der Waals surface area (Å²) in [6, 6.07) is 4.07. The minimum Gasteiger partial charge on any atom is -0.350 e. The highest BCUT2D eigenvalue weighted by molar-refractivity contribution is 7.09. The van der Waals surface area contributed by atoms with Crippen LogP contribution in [0, 0.1) is 6.92 Å². The van der Waals surface area contributed by atoms with Crippen molar-refractivity contribution in [2.75, 3.05) is 13.1 Å². The molecular weight excluding hydrogens is 300 g/mol. The fourth-order valence-corrected chi connectivity index (χ4v) is 3.39. The summed E-state index contributed by atoms with van der Waals surface area (Å²) in [5.41, 5.74) is 0. The molecule has 1 amide bonds. The lowest BCUT2D eigenvalue weighted by Crippen LogP contribution is -2.41. The number of rotatable bonds is 5. The summed E-state index contributed by atoms with van der Waals surface area (Å²) in [5.74, 6) is 1.31. The number of hydrogen-bond donors (Lipinski definition) is 1. The van der Waals surface area contributed by atoms with E-state index in [0.717, 1.165) is 30.7 Å². The van der Waals surface area contributed by atoms with Gasteiger partial charge in [-0.1, -0.05) is 17.6 Å². The Morgan fingerprint density at radius 1 is 1.55 bits per heavy atom.